The van der Waals surface area contributed by atoms with E-state index in [9.17, 15) is 9.90 Å². The van der Waals surface area contributed by atoms with Gasteiger partial charge in [-0.3, -0.25) is 0 Å². The first kappa shape index (κ1) is 14.0. The van der Waals surface area contributed by atoms with Crippen molar-refractivity contribution < 1.29 is 9.90 Å². The summed E-state index contributed by atoms with van der Waals surface area (Å²) in [5, 5.41) is 16.1. The van der Waals surface area contributed by atoms with Crippen LogP contribution in [0.3, 0.4) is 0 Å². The van der Waals surface area contributed by atoms with E-state index >= 15 is 0 Å². The van der Waals surface area contributed by atoms with E-state index in [1.54, 1.807) is 0 Å². The van der Waals surface area contributed by atoms with Crippen molar-refractivity contribution in [1.29, 1.82) is 0 Å². The molecule has 2 aliphatic rings. The van der Waals surface area contributed by atoms with E-state index < -0.39 is 0 Å². The molecule has 0 bridgehead atoms. The fraction of sp³-hybridized carbons (Fsp3) is 0.923. The fourth-order valence-corrected chi connectivity index (χ4v) is 3.68. The van der Waals surface area contributed by atoms with Crippen LogP contribution in [0.15, 0.2) is 0 Å². The second-order valence-corrected chi connectivity index (χ2v) is 6.92. The Morgan fingerprint density at radius 3 is 2.83 bits per heavy atom. The van der Waals surface area contributed by atoms with E-state index in [1.165, 1.54) is 6.42 Å². The minimum absolute atomic E-state index is 0.123. The number of carbonyl (C=O) groups is 1. The smallest absolute Gasteiger partial charge is 0.315 e. The summed E-state index contributed by atoms with van der Waals surface area (Å²) in [4.78, 5) is 11.7. The molecule has 2 aliphatic carbocycles. The molecule has 0 aliphatic heterocycles. The molecule has 0 aromatic carbocycles. The number of hydrogen-bond donors (Lipinski definition) is 3. The summed E-state index contributed by atoms with van der Waals surface area (Å²) in [6.45, 7) is 2.56. The summed E-state index contributed by atoms with van der Waals surface area (Å²) in [6, 6.07) is 0.189. The number of urea groups is 1. The van der Waals surface area contributed by atoms with E-state index in [0.29, 0.717) is 23.8 Å². The molecule has 104 valence electrons. The number of aliphatic hydroxyl groups excluding tert-OH is 1. The van der Waals surface area contributed by atoms with Crippen LogP contribution in [0.4, 0.5) is 4.79 Å². The lowest BCUT2D eigenvalue weighted by molar-refractivity contribution is 0.149. The highest BCUT2D eigenvalue weighted by atomic mass is 32.2. The number of amides is 2. The van der Waals surface area contributed by atoms with E-state index in [-0.39, 0.29) is 12.1 Å². The van der Waals surface area contributed by atoms with Crippen molar-refractivity contribution in [1.82, 2.24) is 10.6 Å². The Morgan fingerprint density at radius 1 is 1.39 bits per heavy atom. The van der Waals surface area contributed by atoms with E-state index in [1.807, 2.05) is 11.8 Å². The predicted molar refractivity (Wildman–Crippen MR) is 74.8 cm³/mol. The second-order valence-electron chi connectivity index (χ2n) is 5.35. The maximum Gasteiger partial charge on any atom is 0.315 e. The first-order valence-corrected chi connectivity index (χ1v) is 8.08. The van der Waals surface area contributed by atoms with E-state index in [4.69, 9.17) is 0 Å². The molecule has 0 unspecified atom stereocenters. The molecular formula is C13H24N2O2S. The van der Waals surface area contributed by atoms with Crippen LogP contribution in [-0.4, -0.2) is 40.8 Å². The van der Waals surface area contributed by atoms with Gasteiger partial charge in [-0.2, -0.15) is 11.8 Å². The Hall–Kier alpha value is -0.420. The van der Waals surface area contributed by atoms with Gasteiger partial charge in [-0.1, -0.05) is 6.92 Å². The van der Waals surface area contributed by atoms with Gasteiger partial charge in [0.1, 0.15) is 0 Å². The Bertz CT molecular complexity index is 284. The minimum atomic E-state index is -0.359. The van der Waals surface area contributed by atoms with Crippen LogP contribution in [0.2, 0.25) is 0 Å². The molecular weight excluding hydrogens is 248 g/mol. The number of carbonyl (C=O) groups excluding carboxylic acids is 1. The van der Waals surface area contributed by atoms with Crippen molar-refractivity contribution in [3.8, 4) is 0 Å². The van der Waals surface area contributed by atoms with Crippen LogP contribution < -0.4 is 10.6 Å². The third-order valence-electron chi connectivity index (χ3n) is 3.76. The molecule has 2 saturated carbocycles. The summed E-state index contributed by atoms with van der Waals surface area (Å²) >= 11 is 1.99. The van der Waals surface area contributed by atoms with Crippen LogP contribution in [-0.2, 0) is 0 Å². The third kappa shape index (κ3) is 4.35. The van der Waals surface area contributed by atoms with E-state index in [0.717, 1.165) is 31.4 Å². The van der Waals surface area contributed by atoms with Crippen molar-refractivity contribution >= 4 is 17.8 Å². The van der Waals surface area contributed by atoms with Crippen LogP contribution in [0.25, 0.3) is 0 Å². The molecule has 2 fully saturated rings. The standard InChI is InChI=1S/C13H24N2O2S/c1-2-18-11-6-5-10(7-11)15-13(17)14-8-12(16)9-3-4-9/h9-12,16H,2-8H2,1H3,(H2,14,15,17)/t10-,11+,12-/m0/s1. The van der Waals surface area contributed by atoms with Gasteiger partial charge >= 0.3 is 6.03 Å². The molecule has 0 saturated heterocycles. The normalized spacial score (nSPS) is 29.0. The third-order valence-corrected chi connectivity index (χ3v) is 4.99. The van der Waals surface area contributed by atoms with Crippen molar-refractivity contribution in [2.24, 2.45) is 5.92 Å². The number of hydrogen-bond acceptors (Lipinski definition) is 3. The molecule has 0 aromatic heterocycles. The zero-order chi connectivity index (χ0) is 13.0. The Balaban J connectivity index is 1.59. The number of nitrogens with one attached hydrogen (secondary N) is 2. The van der Waals surface area contributed by atoms with Crippen LogP contribution in [0.1, 0.15) is 39.0 Å². The molecule has 0 aromatic rings. The first-order valence-electron chi connectivity index (χ1n) is 7.03. The lowest BCUT2D eigenvalue weighted by atomic mass is 10.2. The monoisotopic (exact) mass is 272 g/mol. The summed E-state index contributed by atoms with van der Waals surface area (Å²) in [6.07, 6.45) is 5.20. The van der Waals surface area contributed by atoms with Crippen LogP contribution in [0, 0.1) is 5.92 Å². The molecule has 2 amide bonds. The van der Waals surface area contributed by atoms with Crippen molar-refractivity contribution in [2.75, 3.05) is 12.3 Å². The van der Waals surface area contributed by atoms with Gasteiger partial charge in [0.25, 0.3) is 0 Å². The SMILES string of the molecule is CCS[C@@H]1CC[C@H](NC(=O)NC[C@H](O)C2CC2)C1. The van der Waals surface area contributed by atoms with Gasteiger partial charge in [0.2, 0.25) is 0 Å². The van der Waals surface area contributed by atoms with Crippen molar-refractivity contribution in [3.05, 3.63) is 0 Å². The molecule has 3 N–H and O–H groups in total. The van der Waals surface area contributed by atoms with Gasteiger partial charge in [0.05, 0.1) is 6.10 Å². The number of thioether (sulfide) groups is 1. The largest absolute Gasteiger partial charge is 0.391 e. The fourth-order valence-electron chi connectivity index (χ4n) is 2.54. The second kappa shape index (κ2) is 6.66. The summed E-state index contributed by atoms with van der Waals surface area (Å²) < 4.78 is 0. The maximum absolute atomic E-state index is 11.7. The first-order chi connectivity index (χ1) is 8.69. The van der Waals surface area contributed by atoms with Crippen molar-refractivity contribution in [2.45, 2.75) is 56.4 Å². The Morgan fingerprint density at radius 2 is 2.17 bits per heavy atom. The zero-order valence-corrected chi connectivity index (χ0v) is 11.8. The van der Waals surface area contributed by atoms with Crippen LogP contribution >= 0.6 is 11.8 Å². The number of rotatable bonds is 6. The van der Waals surface area contributed by atoms with Crippen molar-refractivity contribution in [3.63, 3.8) is 0 Å². The molecule has 4 nitrogen and oxygen atoms in total. The molecule has 18 heavy (non-hydrogen) atoms. The van der Waals surface area contributed by atoms with E-state index in [2.05, 4.69) is 17.6 Å². The predicted octanol–water partition coefficient (Wildman–Crippen LogP) is 1.73. The zero-order valence-electron chi connectivity index (χ0n) is 11.0. The quantitative estimate of drug-likeness (QED) is 0.690. The molecule has 5 heteroatoms. The maximum atomic E-state index is 11.7. The van der Waals surface area contributed by atoms with Gasteiger partial charge in [-0.05, 0) is 43.8 Å². The Kier molecular flexibility index (Phi) is 5.18. The summed E-state index contributed by atoms with van der Waals surface area (Å²) in [5.41, 5.74) is 0. The lowest BCUT2D eigenvalue weighted by Gasteiger charge is -2.15. The topological polar surface area (TPSA) is 61.4 Å². The minimum Gasteiger partial charge on any atom is -0.391 e. The number of aliphatic hydroxyl groups is 1. The van der Waals surface area contributed by atoms with Gasteiger partial charge in [-0.25, -0.2) is 4.79 Å². The molecule has 3 atom stereocenters. The lowest BCUT2D eigenvalue weighted by Crippen LogP contribution is -2.44. The average Bonchev–Trinajstić information content (AvgIpc) is 3.10. The molecule has 2 rings (SSSR count). The summed E-state index contributed by atoms with van der Waals surface area (Å²) in [5.74, 6) is 1.57. The highest BCUT2D eigenvalue weighted by Gasteiger charge is 2.30. The molecule has 0 spiro atoms. The highest BCUT2D eigenvalue weighted by molar-refractivity contribution is 7.99. The average molecular weight is 272 g/mol. The molecule has 0 heterocycles. The van der Waals surface area contributed by atoms with Gasteiger partial charge in [0, 0.05) is 17.8 Å². The van der Waals surface area contributed by atoms with Crippen LogP contribution in [0.5, 0.6) is 0 Å². The van der Waals surface area contributed by atoms with Gasteiger partial charge < -0.3 is 15.7 Å². The summed E-state index contributed by atoms with van der Waals surface area (Å²) in [7, 11) is 0. The van der Waals surface area contributed by atoms with Gasteiger partial charge in [0.15, 0.2) is 0 Å². The highest BCUT2D eigenvalue weighted by Crippen LogP contribution is 2.32. The van der Waals surface area contributed by atoms with Gasteiger partial charge in [-0.15, -0.1) is 0 Å². The Labute approximate surface area is 113 Å². The molecule has 0 radical (unpaired) electrons.